The number of aromatic nitrogens is 1. The average Bonchev–Trinajstić information content (AvgIpc) is 3.19. The first-order chi connectivity index (χ1) is 15.4. The Hall–Kier alpha value is -1.81. The largest absolute Gasteiger partial charge is 0.302 e. The lowest BCUT2D eigenvalue weighted by Gasteiger charge is -2.30. The Labute approximate surface area is 194 Å². The molecule has 1 aliphatic heterocycles. The number of hydrogen-bond donors (Lipinski definition) is 2. The summed E-state index contributed by atoms with van der Waals surface area (Å²) in [7, 11) is -3.63. The van der Waals surface area contributed by atoms with Crippen LogP contribution in [0.2, 0.25) is 0 Å². The molecule has 7 nitrogen and oxygen atoms in total. The molecule has 2 heterocycles. The van der Waals surface area contributed by atoms with Gasteiger partial charge in [-0.2, -0.15) is 0 Å². The highest BCUT2D eigenvalue weighted by Gasteiger charge is 2.19. The van der Waals surface area contributed by atoms with Crippen LogP contribution in [-0.2, 0) is 34.2 Å². The van der Waals surface area contributed by atoms with Gasteiger partial charge in [0.25, 0.3) is 0 Å². The molecular weight excluding hydrogens is 444 g/mol. The predicted octanol–water partition coefficient (Wildman–Crippen LogP) is 3.56. The van der Waals surface area contributed by atoms with Crippen LogP contribution >= 0.6 is 11.3 Å². The van der Waals surface area contributed by atoms with Crippen molar-refractivity contribution in [3.05, 3.63) is 40.4 Å². The Kier molecular flexibility index (Phi) is 7.60. The van der Waals surface area contributed by atoms with Crippen molar-refractivity contribution in [2.45, 2.75) is 63.3 Å². The molecule has 1 aliphatic carbocycles. The van der Waals surface area contributed by atoms with Crippen LogP contribution < -0.4 is 10.0 Å². The van der Waals surface area contributed by atoms with Crippen LogP contribution in [0.3, 0.4) is 0 Å². The number of rotatable bonds is 8. The number of piperidine rings is 1. The molecule has 0 spiro atoms. The van der Waals surface area contributed by atoms with Crippen molar-refractivity contribution in [1.29, 1.82) is 0 Å². The first-order valence-electron chi connectivity index (χ1n) is 11.5. The molecule has 2 aliphatic rings. The summed E-state index contributed by atoms with van der Waals surface area (Å²) in [6, 6.07) is 5.35. The molecule has 1 unspecified atom stereocenters. The van der Waals surface area contributed by atoms with Crippen LogP contribution in [0.5, 0.6) is 0 Å². The third-order valence-corrected chi connectivity index (χ3v) is 8.46. The van der Waals surface area contributed by atoms with E-state index >= 15 is 0 Å². The van der Waals surface area contributed by atoms with Gasteiger partial charge in [0.2, 0.25) is 15.9 Å². The van der Waals surface area contributed by atoms with E-state index in [9.17, 15) is 13.2 Å². The summed E-state index contributed by atoms with van der Waals surface area (Å²) in [6.45, 7) is 5.31. The quantitative estimate of drug-likeness (QED) is 0.608. The zero-order chi connectivity index (χ0) is 22.6. The number of amides is 1. The summed E-state index contributed by atoms with van der Waals surface area (Å²) in [6.07, 6.45) is 6.75. The van der Waals surface area contributed by atoms with Gasteiger partial charge in [0.1, 0.15) is 0 Å². The second kappa shape index (κ2) is 10.4. The zero-order valence-corrected chi connectivity index (χ0v) is 20.2. The number of carbonyl (C=O) groups excluding carboxylic acids is 1. The molecule has 2 aromatic rings. The van der Waals surface area contributed by atoms with E-state index in [0.717, 1.165) is 56.6 Å². The second-order valence-corrected chi connectivity index (χ2v) is 11.6. The van der Waals surface area contributed by atoms with Gasteiger partial charge in [-0.05, 0) is 74.2 Å². The van der Waals surface area contributed by atoms with Crippen molar-refractivity contribution < 1.29 is 13.2 Å². The van der Waals surface area contributed by atoms with E-state index in [-0.39, 0.29) is 23.8 Å². The minimum absolute atomic E-state index is 0.0507. The Bertz CT molecular complexity index is 1050. The normalized spacial score (nSPS) is 19.5. The SMILES string of the molecule is CC1CCCN(Cc2csc(NC(=O)CCNS(=O)(=O)c3ccc4c(c3)CCCC4)n2)C1. The topological polar surface area (TPSA) is 91.4 Å². The van der Waals surface area contributed by atoms with Gasteiger partial charge in [0, 0.05) is 31.4 Å². The van der Waals surface area contributed by atoms with Gasteiger partial charge in [0.15, 0.2) is 5.13 Å². The fraction of sp³-hybridized carbons (Fsp3) is 0.565. The lowest BCUT2D eigenvalue weighted by molar-refractivity contribution is -0.116. The summed E-state index contributed by atoms with van der Waals surface area (Å²) in [5, 5.41) is 5.33. The number of likely N-dealkylation sites (tertiary alicyclic amines) is 1. The highest BCUT2D eigenvalue weighted by molar-refractivity contribution is 7.89. The van der Waals surface area contributed by atoms with Crippen LogP contribution in [0, 0.1) is 5.92 Å². The Morgan fingerprint density at radius 3 is 2.84 bits per heavy atom. The molecule has 4 rings (SSSR count). The lowest BCUT2D eigenvalue weighted by Crippen LogP contribution is -2.33. The molecule has 0 radical (unpaired) electrons. The number of sulfonamides is 1. The van der Waals surface area contributed by atoms with Gasteiger partial charge in [-0.25, -0.2) is 18.1 Å². The van der Waals surface area contributed by atoms with Gasteiger partial charge in [-0.3, -0.25) is 9.69 Å². The predicted molar refractivity (Wildman–Crippen MR) is 127 cm³/mol. The average molecular weight is 477 g/mol. The van der Waals surface area contributed by atoms with Crippen LogP contribution in [0.4, 0.5) is 5.13 Å². The van der Waals surface area contributed by atoms with Gasteiger partial charge in [-0.1, -0.05) is 13.0 Å². The van der Waals surface area contributed by atoms with Gasteiger partial charge in [0.05, 0.1) is 10.6 Å². The zero-order valence-electron chi connectivity index (χ0n) is 18.6. The molecule has 0 bridgehead atoms. The van der Waals surface area contributed by atoms with Crippen molar-refractivity contribution in [1.82, 2.24) is 14.6 Å². The molecule has 9 heteroatoms. The van der Waals surface area contributed by atoms with Crippen molar-refractivity contribution in [3.63, 3.8) is 0 Å². The number of hydrogen-bond acceptors (Lipinski definition) is 6. The summed E-state index contributed by atoms with van der Waals surface area (Å²) in [5.74, 6) is 0.470. The van der Waals surface area contributed by atoms with Gasteiger partial charge in [-0.15, -0.1) is 11.3 Å². The highest BCUT2D eigenvalue weighted by atomic mass is 32.2. The second-order valence-electron chi connectivity index (χ2n) is 8.96. The minimum Gasteiger partial charge on any atom is -0.302 e. The molecule has 1 aromatic heterocycles. The first kappa shape index (κ1) is 23.4. The van der Waals surface area contributed by atoms with Crippen LogP contribution in [0.15, 0.2) is 28.5 Å². The fourth-order valence-corrected chi connectivity index (χ4v) is 6.34. The third kappa shape index (κ3) is 6.15. The van der Waals surface area contributed by atoms with Crippen molar-refractivity contribution in [2.24, 2.45) is 5.92 Å². The van der Waals surface area contributed by atoms with Crippen LogP contribution in [-0.4, -0.2) is 43.8 Å². The maximum absolute atomic E-state index is 12.6. The molecule has 1 atom stereocenters. The summed E-state index contributed by atoms with van der Waals surface area (Å²) in [5.41, 5.74) is 3.33. The Balaban J connectivity index is 1.24. The first-order valence-corrected chi connectivity index (χ1v) is 13.8. The van der Waals surface area contributed by atoms with Crippen molar-refractivity contribution in [2.75, 3.05) is 25.0 Å². The lowest BCUT2D eigenvalue weighted by atomic mass is 9.92. The van der Waals surface area contributed by atoms with Crippen molar-refractivity contribution >= 4 is 32.4 Å². The monoisotopic (exact) mass is 476 g/mol. The summed E-state index contributed by atoms with van der Waals surface area (Å²) in [4.78, 5) is 19.5. The van der Waals surface area contributed by atoms with Crippen molar-refractivity contribution in [3.8, 4) is 0 Å². The number of thiazole rings is 1. The highest BCUT2D eigenvalue weighted by Crippen LogP contribution is 2.24. The smallest absolute Gasteiger partial charge is 0.240 e. The summed E-state index contributed by atoms with van der Waals surface area (Å²) < 4.78 is 27.8. The minimum atomic E-state index is -3.63. The maximum atomic E-state index is 12.6. The fourth-order valence-electron chi connectivity index (χ4n) is 4.54. The van der Waals surface area contributed by atoms with Crippen LogP contribution in [0.1, 0.15) is 55.8 Å². The number of benzene rings is 1. The van der Waals surface area contributed by atoms with E-state index in [1.54, 1.807) is 12.1 Å². The molecular formula is C23H32N4O3S2. The van der Waals surface area contributed by atoms with E-state index in [2.05, 4.69) is 26.8 Å². The number of nitrogens with zero attached hydrogens (tertiary/aromatic N) is 2. The third-order valence-electron chi connectivity index (χ3n) is 6.20. The standard InChI is InChI=1S/C23H32N4O3S2/c1-17-5-4-12-27(14-17)15-20-16-31-23(25-20)26-22(28)10-11-24-32(29,30)21-9-8-18-6-2-3-7-19(18)13-21/h8-9,13,16-17,24H,2-7,10-12,14-15H2,1H3,(H,25,26,28). The molecule has 0 saturated carbocycles. The van der Waals surface area contributed by atoms with E-state index in [4.69, 9.17) is 0 Å². The van der Waals surface area contributed by atoms with Gasteiger partial charge >= 0.3 is 0 Å². The van der Waals surface area contributed by atoms with E-state index in [1.807, 2.05) is 11.4 Å². The number of anilines is 1. The number of fused-ring (bicyclic) bond motifs is 1. The number of aryl methyl sites for hydroxylation is 2. The molecule has 174 valence electrons. The van der Waals surface area contributed by atoms with E-state index in [0.29, 0.717) is 11.0 Å². The summed E-state index contributed by atoms with van der Waals surface area (Å²) >= 11 is 1.41. The maximum Gasteiger partial charge on any atom is 0.240 e. The molecule has 1 amide bonds. The van der Waals surface area contributed by atoms with E-state index < -0.39 is 10.0 Å². The Morgan fingerprint density at radius 1 is 1.22 bits per heavy atom. The molecule has 1 fully saturated rings. The molecule has 1 saturated heterocycles. The molecule has 32 heavy (non-hydrogen) atoms. The van der Waals surface area contributed by atoms with Gasteiger partial charge < -0.3 is 5.32 Å². The van der Waals surface area contributed by atoms with E-state index in [1.165, 1.54) is 29.7 Å². The van der Waals surface area contributed by atoms with Crippen LogP contribution in [0.25, 0.3) is 0 Å². The number of nitrogens with one attached hydrogen (secondary N) is 2. The molecule has 1 aromatic carbocycles. The Morgan fingerprint density at radius 2 is 2.03 bits per heavy atom. The number of carbonyl (C=O) groups is 1. The molecule has 2 N–H and O–H groups in total.